The zero-order valence-corrected chi connectivity index (χ0v) is 13.4. The van der Waals surface area contributed by atoms with Crippen LogP contribution in [0.25, 0.3) is 0 Å². The summed E-state index contributed by atoms with van der Waals surface area (Å²) in [5.41, 5.74) is 0.00158. The topological polar surface area (TPSA) is 110 Å². The van der Waals surface area contributed by atoms with Gasteiger partial charge < -0.3 is 10.4 Å². The molecule has 1 aliphatic carbocycles. The van der Waals surface area contributed by atoms with E-state index in [1.54, 1.807) is 19.1 Å². The summed E-state index contributed by atoms with van der Waals surface area (Å²) in [4.78, 5) is 34.2. The maximum atomic E-state index is 12.2. The van der Waals surface area contributed by atoms with Crippen LogP contribution in [-0.4, -0.2) is 33.2 Å². The van der Waals surface area contributed by atoms with E-state index in [-0.39, 0.29) is 17.6 Å². The molecule has 0 spiro atoms. The van der Waals surface area contributed by atoms with Crippen LogP contribution >= 0.6 is 11.8 Å². The van der Waals surface area contributed by atoms with Gasteiger partial charge in [0.1, 0.15) is 0 Å². The maximum Gasteiger partial charge on any atom is 0.308 e. The molecule has 1 unspecified atom stereocenters. The smallest absolute Gasteiger partial charge is 0.308 e. The van der Waals surface area contributed by atoms with Crippen molar-refractivity contribution in [2.45, 2.75) is 42.4 Å². The van der Waals surface area contributed by atoms with Crippen molar-refractivity contribution in [1.82, 2.24) is 5.32 Å². The summed E-state index contributed by atoms with van der Waals surface area (Å²) in [6.07, 6.45) is 2.06. The van der Waals surface area contributed by atoms with E-state index in [2.05, 4.69) is 5.32 Å². The van der Waals surface area contributed by atoms with Gasteiger partial charge in [0.05, 0.1) is 16.1 Å². The SMILES string of the molecule is CC(Sc1ccc([N+](=O)[O-])cc1)C(=O)N[C@@H]1CCC[C@@H]1C(=O)O. The minimum atomic E-state index is -0.872. The summed E-state index contributed by atoms with van der Waals surface area (Å²) in [6.45, 7) is 1.73. The second-order valence-corrected chi connectivity index (χ2v) is 6.92. The lowest BCUT2D eigenvalue weighted by Gasteiger charge is -2.20. The Kier molecular flexibility index (Phi) is 5.59. The molecule has 2 N–H and O–H groups in total. The van der Waals surface area contributed by atoms with Crippen molar-refractivity contribution in [2.75, 3.05) is 0 Å². The molecule has 8 heteroatoms. The lowest BCUT2D eigenvalue weighted by molar-refractivity contribution is -0.384. The van der Waals surface area contributed by atoms with E-state index in [4.69, 9.17) is 5.11 Å². The fourth-order valence-electron chi connectivity index (χ4n) is 2.63. The van der Waals surface area contributed by atoms with Gasteiger partial charge in [0.25, 0.3) is 5.69 Å². The third-order valence-electron chi connectivity index (χ3n) is 3.89. The molecule has 0 aliphatic heterocycles. The van der Waals surface area contributed by atoms with Crippen LogP contribution in [0.15, 0.2) is 29.2 Å². The van der Waals surface area contributed by atoms with Crippen molar-refractivity contribution in [2.24, 2.45) is 5.92 Å². The molecule has 3 atom stereocenters. The first-order chi connectivity index (χ1) is 10.9. The van der Waals surface area contributed by atoms with Crippen molar-refractivity contribution in [3.8, 4) is 0 Å². The van der Waals surface area contributed by atoms with Crippen LogP contribution in [0.1, 0.15) is 26.2 Å². The molecule has 1 aromatic rings. The first-order valence-electron chi connectivity index (χ1n) is 7.33. The molecule has 124 valence electrons. The highest BCUT2D eigenvalue weighted by molar-refractivity contribution is 8.00. The summed E-state index contributed by atoms with van der Waals surface area (Å²) < 4.78 is 0. The highest BCUT2D eigenvalue weighted by Crippen LogP contribution is 2.28. The van der Waals surface area contributed by atoms with Crippen LogP contribution in [0.4, 0.5) is 5.69 Å². The molecule has 0 bridgehead atoms. The number of non-ortho nitro benzene ring substituents is 1. The Morgan fingerprint density at radius 1 is 1.35 bits per heavy atom. The summed E-state index contributed by atoms with van der Waals surface area (Å²) >= 11 is 1.28. The van der Waals surface area contributed by atoms with Gasteiger partial charge in [0.15, 0.2) is 0 Å². The molecule has 23 heavy (non-hydrogen) atoms. The van der Waals surface area contributed by atoms with E-state index in [1.807, 2.05) is 0 Å². The predicted molar refractivity (Wildman–Crippen MR) is 85.3 cm³/mol. The molecule has 1 amide bonds. The van der Waals surface area contributed by atoms with Gasteiger partial charge in [-0.1, -0.05) is 6.42 Å². The number of nitrogens with one attached hydrogen (secondary N) is 1. The van der Waals surface area contributed by atoms with E-state index in [1.165, 1.54) is 23.9 Å². The van der Waals surface area contributed by atoms with Gasteiger partial charge >= 0.3 is 5.97 Å². The number of carboxylic acids is 1. The standard InChI is InChI=1S/C15H18N2O5S/c1-9(23-11-7-5-10(6-8-11)17(21)22)14(18)16-13-4-2-3-12(13)15(19)20/h5-9,12-13H,2-4H2,1H3,(H,16,18)(H,19,20)/t9?,12-,13+/m0/s1. The molecule has 1 saturated carbocycles. The molecular formula is C15H18N2O5S. The minimum Gasteiger partial charge on any atom is -0.481 e. The molecule has 0 heterocycles. The number of nitro benzene ring substituents is 1. The Bertz CT molecular complexity index is 604. The highest BCUT2D eigenvalue weighted by Gasteiger charge is 2.34. The van der Waals surface area contributed by atoms with Crippen molar-refractivity contribution >= 4 is 29.3 Å². The van der Waals surface area contributed by atoms with E-state index in [0.717, 1.165) is 11.3 Å². The van der Waals surface area contributed by atoms with Gasteiger partial charge in [-0.25, -0.2) is 0 Å². The Hall–Kier alpha value is -2.09. The van der Waals surface area contributed by atoms with Crippen LogP contribution < -0.4 is 5.32 Å². The van der Waals surface area contributed by atoms with E-state index in [9.17, 15) is 19.7 Å². The average molecular weight is 338 g/mol. The number of hydrogen-bond donors (Lipinski definition) is 2. The van der Waals surface area contributed by atoms with E-state index < -0.39 is 22.1 Å². The molecule has 1 fully saturated rings. The first-order valence-corrected chi connectivity index (χ1v) is 8.20. The number of aliphatic carboxylic acids is 1. The average Bonchev–Trinajstić information content (AvgIpc) is 2.96. The van der Waals surface area contributed by atoms with Crippen LogP contribution in [0.5, 0.6) is 0 Å². The zero-order valence-electron chi connectivity index (χ0n) is 12.6. The molecule has 1 aromatic carbocycles. The van der Waals surface area contributed by atoms with Crippen molar-refractivity contribution < 1.29 is 19.6 Å². The molecule has 2 rings (SSSR count). The lowest BCUT2D eigenvalue weighted by atomic mass is 10.0. The molecule has 0 radical (unpaired) electrons. The quantitative estimate of drug-likeness (QED) is 0.468. The van der Waals surface area contributed by atoms with Crippen LogP contribution in [0, 0.1) is 16.0 Å². The Balaban J connectivity index is 1.92. The van der Waals surface area contributed by atoms with Gasteiger partial charge in [-0.3, -0.25) is 19.7 Å². The van der Waals surface area contributed by atoms with Crippen molar-refractivity contribution in [3.63, 3.8) is 0 Å². The number of carbonyl (C=O) groups is 2. The second-order valence-electron chi connectivity index (χ2n) is 5.50. The third-order valence-corrected chi connectivity index (χ3v) is 5.00. The summed E-state index contributed by atoms with van der Waals surface area (Å²) in [6, 6.07) is 5.67. The molecular weight excluding hydrogens is 320 g/mol. The number of carbonyl (C=O) groups excluding carboxylic acids is 1. The van der Waals surface area contributed by atoms with Crippen molar-refractivity contribution in [3.05, 3.63) is 34.4 Å². The van der Waals surface area contributed by atoms with Crippen LogP contribution in [-0.2, 0) is 9.59 Å². The summed E-state index contributed by atoms with van der Waals surface area (Å²) in [5, 5.41) is 22.1. The van der Waals surface area contributed by atoms with Gasteiger partial charge in [0.2, 0.25) is 5.91 Å². The van der Waals surface area contributed by atoms with Crippen LogP contribution in [0.3, 0.4) is 0 Å². The van der Waals surface area contributed by atoms with Crippen LogP contribution in [0.2, 0.25) is 0 Å². The first kappa shape index (κ1) is 17.3. The Morgan fingerprint density at radius 3 is 2.57 bits per heavy atom. The number of amides is 1. The number of carboxylic acid groups (broad SMARTS) is 1. The Morgan fingerprint density at radius 2 is 2.00 bits per heavy atom. The van der Waals surface area contributed by atoms with E-state index >= 15 is 0 Å². The van der Waals surface area contributed by atoms with Crippen molar-refractivity contribution in [1.29, 1.82) is 0 Å². The number of rotatable bonds is 6. The highest BCUT2D eigenvalue weighted by atomic mass is 32.2. The zero-order chi connectivity index (χ0) is 17.0. The van der Waals surface area contributed by atoms with Gasteiger partial charge in [-0.2, -0.15) is 0 Å². The third kappa shape index (κ3) is 4.44. The summed E-state index contributed by atoms with van der Waals surface area (Å²) in [7, 11) is 0. The normalized spacial score (nSPS) is 21.6. The number of thioether (sulfide) groups is 1. The monoisotopic (exact) mass is 338 g/mol. The number of nitrogens with zero attached hydrogens (tertiary/aromatic N) is 1. The maximum absolute atomic E-state index is 12.2. The van der Waals surface area contributed by atoms with Gasteiger partial charge in [-0.15, -0.1) is 11.8 Å². The largest absolute Gasteiger partial charge is 0.481 e. The molecule has 1 aliphatic rings. The molecule has 0 aromatic heterocycles. The second kappa shape index (κ2) is 7.45. The van der Waals surface area contributed by atoms with Gasteiger partial charge in [0, 0.05) is 23.1 Å². The molecule has 7 nitrogen and oxygen atoms in total. The number of nitro groups is 1. The van der Waals surface area contributed by atoms with E-state index in [0.29, 0.717) is 12.8 Å². The fourth-order valence-corrected chi connectivity index (χ4v) is 3.51. The van der Waals surface area contributed by atoms with Gasteiger partial charge in [-0.05, 0) is 31.9 Å². The lowest BCUT2D eigenvalue weighted by Crippen LogP contribution is -2.43. The number of hydrogen-bond acceptors (Lipinski definition) is 5. The number of benzene rings is 1. The Labute approximate surface area is 137 Å². The molecule has 0 saturated heterocycles. The fraction of sp³-hybridized carbons (Fsp3) is 0.467. The predicted octanol–water partition coefficient (Wildman–Crippen LogP) is 2.44. The summed E-state index contributed by atoms with van der Waals surface area (Å²) in [5.74, 6) is -1.61. The minimum absolute atomic E-state index is 0.00158.